The van der Waals surface area contributed by atoms with E-state index in [0.717, 1.165) is 30.5 Å². The van der Waals surface area contributed by atoms with Crippen molar-refractivity contribution >= 4 is 11.7 Å². The Bertz CT molecular complexity index is 734. The van der Waals surface area contributed by atoms with Crippen molar-refractivity contribution in [1.29, 1.82) is 0 Å². The Hall–Kier alpha value is -2.46. The lowest BCUT2D eigenvalue weighted by molar-refractivity contribution is 0.0970. The van der Waals surface area contributed by atoms with E-state index in [9.17, 15) is 9.59 Å². The number of hydrogen-bond acceptors (Lipinski definition) is 3. The summed E-state index contributed by atoms with van der Waals surface area (Å²) in [6, 6.07) is 14.9. The van der Waals surface area contributed by atoms with Gasteiger partial charge in [-0.2, -0.15) is 0 Å². The third-order valence-corrected chi connectivity index (χ3v) is 4.28. The summed E-state index contributed by atoms with van der Waals surface area (Å²) < 4.78 is 0. The molecular weight excluding hydrogens is 288 g/mol. The molecule has 4 heteroatoms. The topological polar surface area (TPSA) is 72.2 Å². The molecule has 2 aromatic carbocycles. The van der Waals surface area contributed by atoms with Crippen LogP contribution in [0.1, 0.15) is 40.0 Å². The molecule has 1 heterocycles. The predicted octanol–water partition coefficient (Wildman–Crippen LogP) is 2.78. The molecule has 0 spiro atoms. The lowest BCUT2D eigenvalue weighted by Crippen LogP contribution is -2.24. The molecule has 23 heavy (non-hydrogen) atoms. The van der Waals surface area contributed by atoms with Gasteiger partial charge in [0.2, 0.25) is 5.91 Å². The van der Waals surface area contributed by atoms with E-state index in [1.54, 1.807) is 18.2 Å². The van der Waals surface area contributed by atoms with Gasteiger partial charge in [-0.1, -0.05) is 36.4 Å². The summed E-state index contributed by atoms with van der Waals surface area (Å²) in [7, 11) is 0. The van der Waals surface area contributed by atoms with Crippen LogP contribution < -0.4 is 11.1 Å². The maximum atomic E-state index is 12.7. The summed E-state index contributed by atoms with van der Waals surface area (Å²) in [5.41, 5.74) is 8.18. The summed E-state index contributed by atoms with van der Waals surface area (Å²) in [6.45, 7) is 0.986. The van der Waals surface area contributed by atoms with Gasteiger partial charge in [0, 0.05) is 23.6 Å². The molecule has 1 fully saturated rings. The van der Waals surface area contributed by atoms with Crippen molar-refractivity contribution in [3.63, 3.8) is 0 Å². The van der Waals surface area contributed by atoms with Crippen LogP contribution in [-0.4, -0.2) is 24.3 Å². The van der Waals surface area contributed by atoms with E-state index in [-0.39, 0.29) is 11.8 Å². The van der Waals surface area contributed by atoms with E-state index in [1.165, 1.54) is 0 Å². The summed E-state index contributed by atoms with van der Waals surface area (Å²) in [4.78, 5) is 24.1. The Morgan fingerprint density at radius 1 is 1.13 bits per heavy atom. The molecule has 0 radical (unpaired) electrons. The summed E-state index contributed by atoms with van der Waals surface area (Å²) in [5.74, 6) is -0.338. The standard InChI is InChI=1S/C19H20N2O2/c20-19(23)14-6-3-5-13(11-14)16-8-1-2-9-17(16)18(22)12-15-7-4-10-21-15/h1-3,5-6,8-9,11,15,21H,4,7,10,12H2,(H2,20,23)/t15-/m1/s1. The zero-order valence-corrected chi connectivity index (χ0v) is 12.9. The molecule has 1 atom stereocenters. The molecule has 118 valence electrons. The number of hydrogen-bond donors (Lipinski definition) is 2. The van der Waals surface area contributed by atoms with Gasteiger partial charge >= 0.3 is 0 Å². The molecule has 1 aliphatic heterocycles. The minimum Gasteiger partial charge on any atom is -0.366 e. The van der Waals surface area contributed by atoms with Gasteiger partial charge in [-0.15, -0.1) is 0 Å². The van der Waals surface area contributed by atoms with E-state index in [0.29, 0.717) is 17.5 Å². The van der Waals surface area contributed by atoms with Gasteiger partial charge in [-0.05, 0) is 42.6 Å². The van der Waals surface area contributed by atoms with Crippen LogP contribution in [0.5, 0.6) is 0 Å². The van der Waals surface area contributed by atoms with Gasteiger partial charge in [0.05, 0.1) is 0 Å². The first kappa shape index (κ1) is 15.4. The van der Waals surface area contributed by atoms with Crippen molar-refractivity contribution in [3.8, 4) is 11.1 Å². The number of primary amides is 1. The highest BCUT2D eigenvalue weighted by atomic mass is 16.1. The van der Waals surface area contributed by atoms with E-state index in [2.05, 4.69) is 5.32 Å². The fraction of sp³-hybridized carbons (Fsp3) is 0.263. The second-order valence-corrected chi connectivity index (χ2v) is 5.91. The second-order valence-electron chi connectivity index (χ2n) is 5.91. The zero-order chi connectivity index (χ0) is 16.2. The molecule has 1 amide bonds. The van der Waals surface area contributed by atoms with Crippen molar-refractivity contribution in [2.45, 2.75) is 25.3 Å². The zero-order valence-electron chi connectivity index (χ0n) is 12.9. The number of ketones is 1. The Morgan fingerprint density at radius 2 is 1.96 bits per heavy atom. The number of Topliss-reactive ketones (excluding diaryl/α,β-unsaturated/α-hetero) is 1. The quantitative estimate of drug-likeness (QED) is 0.834. The highest BCUT2D eigenvalue weighted by Gasteiger charge is 2.20. The number of nitrogens with two attached hydrogens (primary N) is 1. The lowest BCUT2D eigenvalue weighted by atomic mass is 9.93. The smallest absolute Gasteiger partial charge is 0.248 e. The number of benzene rings is 2. The van der Waals surface area contributed by atoms with Crippen LogP contribution in [0.4, 0.5) is 0 Å². The molecule has 4 nitrogen and oxygen atoms in total. The van der Waals surface area contributed by atoms with Crippen LogP contribution in [0.2, 0.25) is 0 Å². The molecule has 0 unspecified atom stereocenters. The van der Waals surface area contributed by atoms with Gasteiger partial charge in [0.15, 0.2) is 5.78 Å². The highest BCUT2D eigenvalue weighted by Crippen LogP contribution is 2.26. The molecule has 3 N–H and O–H groups in total. The third kappa shape index (κ3) is 3.48. The van der Waals surface area contributed by atoms with E-state index < -0.39 is 5.91 Å². The first-order chi connectivity index (χ1) is 11.1. The number of rotatable bonds is 5. The average molecular weight is 308 g/mol. The van der Waals surface area contributed by atoms with E-state index >= 15 is 0 Å². The normalized spacial score (nSPS) is 17.1. The summed E-state index contributed by atoms with van der Waals surface area (Å²) >= 11 is 0. The van der Waals surface area contributed by atoms with Crippen molar-refractivity contribution in [1.82, 2.24) is 5.32 Å². The molecule has 1 aliphatic rings. The van der Waals surface area contributed by atoms with Crippen LogP contribution >= 0.6 is 0 Å². The first-order valence-electron chi connectivity index (χ1n) is 7.91. The van der Waals surface area contributed by atoms with Gasteiger partial charge < -0.3 is 11.1 Å². The van der Waals surface area contributed by atoms with E-state index in [1.807, 2.05) is 30.3 Å². The second kappa shape index (κ2) is 6.75. The predicted molar refractivity (Wildman–Crippen MR) is 90.4 cm³/mol. The number of nitrogens with one attached hydrogen (secondary N) is 1. The van der Waals surface area contributed by atoms with Crippen molar-refractivity contribution in [2.24, 2.45) is 5.73 Å². The summed E-state index contributed by atoms with van der Waals surface area (Å²) in [6.07, 6.45) is 2.68. The lowest BCUT2D eigenvalue weighted by Gasteiger charge is -2.13. The fourth-order valence-electron chi connectivity index (χ4n) is 3.08. The fourth-order valence-corrected chi connectivity index (χ4v) is 3.08. The van der Waals surface area contributed by atoms with Crippen LogP contribution in [-0.2, 0) is 0 Å². The maximum absolute atomic E-state index is 12.7. The van der Waals surface area contributed by atoms with Gasteiger partial charge in [-0.25, -0.2) is 0 Å². The van der Waals surface area contributed by atoms with Crippen LogP contribution in [0.15, 0.2) is 48.5 Å². The SMILES string of the molecule is NC(=O)c1cccc(-c2ccccc2C(=O)C[C@H]2CCCN2)c1. The minimum absolute atomic E-state index is 0.129. The molecule has 0 saturated carbocycles. The van der Waals surface area contributed by atoms with Crippen LogP contribution in [0, 0.1) is 0 Å². The minimum atomic E-state index is -0.467. The van der Waals surface area contributed by atoms with Crippen molar-refractivity contribution in [2.75, 3.05) is 6.54 Å². The van der Waals surface area contributed by atoms with Crippen molar-refractivity contribution < 1.29 is 9.59 Å². The number of amides is 1. The molecule has 0 aromatic heterocycles. The molecule has 3 rings (SSSR count). The van der Waals surface area contributed by atoms with Gasteiger partial charge in [0.25, 0.3) is 0 Å². The highest BCUT2D eigenvalue weighted by molar-refractivity contribution is 6.03. The molecular formula is C19H20N2O2. The largest absolute Gasteiger partial charge is 0.366 e. The monoisotopic (exact) mass is 308 g/mol. The van der Waals surface area contributed by atoms with Crippen LogP contribution in [0.25, 0.3) is 11.1 Å². The van der Waals surface area contributed by atoms with Gasteiger partial charge in [-0.3, -0.25) is 9.59 Å². The Morgan fingerprint density at radius 3 is 2.70 bits per heavy atom. The molecule has 0 aliphatic carbocycles. The summed E-state index contributed by atoms with van der Waals surface area (Å²) in [5, 5.41) is 3.36. The molecule has 1 saturated heterocycles. The van der Waals surface area contributed by atoms with E-state index in [4.69, 9.17) is 5.73 Å². The van der Waals surface area contributed by atoms with Crippen LogP contribution in [0.3, 0.4) is 0 Å². The van der Waals surface area contributed by atoms with Gasteiger partial charge in [0.1, 0.15) is 0 Å². The maximum Gasteiger partial charge on any atom is 0.248 e. The van der Waals surface area contributed by atoms with Crippen molar-refractivity contribution in [3.05, 3.63) is 59.7 Å². The number of carbonyl (C=O) groups is 2. The first-order valence-corrected chi connectivity index (χ1v) is 7.91. The Labute approximate surface area is 135 Å². The third-order valence-electron chi connectivity index (χ3n) is 4.28. The average Bonchev–Trinajstić information content (AvgIpc) is 3.08. The molecule has 0 bridgehead atoms. The Kier molecular flexibility index (Phi) is 4.53. The Balaban J connectivity index is 1.92. The molecule has 2 aromatic rings. The number of carbonyl (C=O) groups excluding carboxylic acids is 2.